The number of ether oxygens (including phenoxy) is 2. The van der Waals surface area contributed by atoms with Crippen molar-refractivity contribution in [3.8, 4) is 11.5 Å². The molecule has 0 unspecified atom stereocenters. The molecule has 0 saturated heterocycles. The van der Waals surface area contributed by atoms with Crippen LogP contribution in [0.5, 0.6) is 11.5 Å². The minimum atomic E-state index is -0.452. The lowest BCUT2D eigenvalue weighted by molar-refractivity contribution is -0.122. The van der Waals surface area contributed by atoms with Crippen molar-refractivity contribution in [1.29, 1.82) is 0 Å². The van der Waals surface area contributed by atoms with E-state index in [4.69, 9.17) is 9.47 Å². The number of nitrogens with zero attached hydrogens (tertiary/aromatic N) is 4. The van der Waals surface area contributed by atoms with E-state index in [0.717, 1.165) is 23.1 Å². The molecule has 11 heteroatoms. The highest BCUT2D eigenvalue weighted by Crippen LogP contribution is 2.32. The molecule has 0 fully saturated rings. The zero-order valence-electron chi connectivity index (χ0n) is 17.4. The number of rotatable bonds is 7. The lowest BCUT2D eigenvalue weighted by Crippen LogP contribution is -2.32. The predicted octanol–water partition coefficient (Wildman–Crippen LogP) is 1.72. The van der Waals surface area contributed by atoms with Gasteiger partial charge in [-0.3, -0.25) is 14.2 Å². The number of hydrogen-bond acceptors (Lipinski definition) is 7. The quantitative estimate of drug-likeness (QED) is 0.455. The number of thiophene rings is 1. The molecule has 1 amide bonds. The van der Waals surface area contributed by atoms with Crippen molar-refractivity contribution in [1.82, 2.24) is 24.1 Å². The Morgan fingerprint density at radius 1 is 1.22 bits per heavy atom. The van der Waals surface area contributed by atoms with E-state index in [9.17, 15) is 14.4 Å². The molecule has 1 aromatic carbocycles. The van der Waals surface area contributed by atoms with Gasteiger partial charge in [0.1, 0.15) is 11.2 Å². The molecule has 0 radical (unpaired) electrons. The molecule has 4 aromatic rings. The van der Waals surface area contributed by atoms with Crippen LogP contribution in [-0.2, 0) is 24.4 Å². The fourth-order valence-corrected chi connectivity index (χ4v) is 4.52. The molecular formula is C21H21N5O5S. The molecular weight excluding hydrogens is 434 g/mol. The molecule has 4 heterocycles. The zero-order valence-corrected chi connectivity index (χ0v) is 18.2. The molecule has 32 heavy (non-hydrogen) atoms. The average Bonchev–Trinajstić information content (AvgIpc) is 3.51. The van der Waals surface area contributed by atoms with Gasteiger partial charge in [-0.05, 0) is 35.6 Å². The monoisotopic (exact) mass is 455 g/mol. The Morgan fingerprint density at radius 2 is 2.06 bits per heavy atom. The Bertz CT molecular complexity index is 1450. The van der Waals surface area contributed by atoms with Gasteiger partial charge in [0.2, 0.25) is 18.5 Å². The fraction of sp³-hybridized carbons (Fsp3) is 0.333. The van der Waals surface area contributed by atoms with Gasteiger partial charge in [0.15, 0.2) is 11.5 Å². The number of hydrogen-bond donors (Lipinski definition) is 1. The van der Waals surface area contributed by atoms with Crippen LogP contribution < -0.4 is 26.0 Å². The minimum absolute atomic E-state index is 0.166. The number of carbonyl (C=O) groups excluding carboxylic acids is 1. The Labute approximate surface area is 185 Å². The van der Waals surface area contributed by atoms with E-state index in [1.807, 2.05) is 13.0 Å². The maximum atomic E-state index is 13.1. The van der Waals surface area contributed by atoms with Crippen LogP contribution in [0.25, 0.3) is 16.0 Å². The normalized spacial score (nSPS) is 12.7. The van der Waals surface area contributed by atoms with Crippen LogP contribution in [0.4, 0.5) is 0 Å². The third-order valence-corrected chi connectivity index (χ3v) is 6.24. The van der Waals surface area contributed by atoms with Gasteiger partial charge in [-0.2, -0.15) is 0 Å². The van der Waals surface area contributed by atoms with E-state index in [1.165, 1.54) is 20.3 Å². The van der Waals surface area contributed by atoms with Gasteiger partial charge in [0.25, 0.3) is 5.56 Å². The highest BCUT2D eigenvalue weighted by Gasteiger charge is 2.19. The summed E-state index contributed by atoms with van der Waals surface area (Å²) in [5, 5.41) is 8.90. The van der Waals surface area contributed by atoms with Crippen LogP contribution in [0.2, 0.25) is 0 Å². The van der Waals surface area contributed by atoms with Crippen molar-refractivity contribution in [2.45, 2.75) is 39.4 Å². The van der Waals surface area contributed by atoms with Crippen LogP contribution >= 0.6 is 11.3 Å². The van der Waals surface area contributed by atoms with Crippen LogP contribution in [0.3, 0.4) is 0 Å². The Kier molecular flexibility index (Phi) is 5.17. The second-order valence-corrected chi connectivity index (χ2v) is 8.40. The van der Waals surface area contributed by atoms with Crippen LogP contribution in [0.15, 0.2) is 39.2 Å². The first kappa shape index (κ1) is 20.3. The standard InChI is InChI=1S/C21H21N5O5S/c1-2-3-7-24-19(28)18-14(6-8-32-18)26-20(24)23-25(21(26)29)11-17(27)22-10-13-4-5-15-16(9-13)31-12-30-15/h4-6,8-9H,2-3,7,10-12H2,1H3,(H,22,27). The van der Waals surface area contributed by atoms with Gasteiger partial charge in [-0.1, -0.05) is 19.4 Å². The van der Waals surface area contributed by atoms with Crippen molar-refractivity contribution in [3.63, 3.8) is 0 Å². The Morgan fingerprint density at radius 3 is 2.91 bits per heavy atom. The van der Waals surface area contributed by atoms with Crippen molar-refractivity contribution in [2.75, 3.05) is 6.79 Å². The van der Waals surface area contributed by atoms with Crippen LogP contribution in [-0.4, -0.2) is 31.4 Å². The summed E-state index contributed by atoms with van der Waals surface area (Å²) in [6.07, 6.45) is 1.68. The van der Waals surface area contributed by atoms with Crippen molar-refractivity contribution < 1.29 is 14.3 Å². The third-order valence-electron chi connectivity index (χ3n) is 5.34. The Balaban J connectivity index is 1.41. The number of amides is 1. The van der Waals surface area contributed by atoms with Gasteiger partial charge in [-0.25, -0.2) is 13.9 Å². The number of aryl methyl sites for hydroxylation is 1. The summed E-state index contributed by atoms with van der Waals surface area (Å²) in [6.45, 7) is 2.69. The molecule has 166 valence electrons. The van der Waals surface area contributed by atoms with Gasteiger partial charge in [-0.15, -0.1) is 16.4 Å². The van der Waals surface area contributed by atoms with Crippen molar-refractivity contribution in [2.24, 2.45) is 0 Å². The Hall–Kier alpha value is -3.60. The lowest BCUT2D eigenvalue weighted by Gasteiger charge is -2.06. The first-order valence-electron chi connectivity index (χ1n) is 10.3. The molecule has 1 aliphatic heterocycles. The summed E-state index contributed by atoms with van der Waals surface area (Å²) in [7, 11) is 0. The lowest BCUT2D eigenvalue weighted by atomic mass is 10.2. The van der Waals surface area contributed by atoms with E-state index >= 15 is 0 Å². The van der Waals surface area contributed by atoms with Gasteiger partial charge in [0.05, 0.1) is 5.52 Å². The molecule has 3 aromatic heterocycles. The average molecular weight is 455 g/mol. The van der Waals surface area contributed by atoms with Gasteiger partial charge < -0.3 is 14.8 Å². The molecule has 5 rings (SSSR count). The number of benzene rings is 1. The summed E-state index contributed by atoms with van der Waals surface area (Å²) in [5.41, 5.74) is 0.741. The van der Waals surface area contributed by atoms with E-state index in [1.54, 1.807) is 23.6 Å². The molecule has 0 spiro atoms. The number of aromatic nitrogens is 4. The van der Waals surface area contributed by atoms with E-state index in [0.29, 0.717) is 28.3 Å². The molecule has 0 saturated carbocycles. The number of carbonyl (C=O) groups is 1. The zero-order chi connectivity index (χ0) is 22.2. The first-order chi connectivity index (χ1) is 15.6. The van der Waals surface area contributed by atoms with E-state index in [-0.39, 0.29) is 37.1 Å². The summed E-state index contributed by atoms with van der Waals surface area (Å²) in [6, 6.07) is 7.16. The molecule has 1 aliphatic rings. The SMILES string of the molecule is CCCCn1c(=O)c2sccc2n2c(=O)n(CC(=O)NCc3ccc4c(c3)OCO4)nc12. The molecule has 0 atom stereocenters. The molecule has 10 nitrogen and oxygen atoms in total. The second kappa shape index (κ2) is 8.15. The molecule has 0 bridgehead atoms. The summed E-state index contributed by atoms with van der Waals surface area (Å²) < 4.78 is 15.2. The van der Waals surface area contributed by atoms with E-state index in [2.05, 4.69) is 10.4 Å². The van der Waals surface area contributed by atoms with Crippen molar-refractivity contribution >= 4 is 33.2 Å². The van der Waals surface area contributed by atoms with Gasteiger partial charge >= 0.3 is 5.69 Å². The molecule has 1 N–H and O–H groups in total. The maximum absolute atomic E-state index is 13.1. The van der Waals surface area contributed by atoms with Crippen molar-refractivity contribution in [3.05, 3.63) is 56.0 Å². The largest absolute Gasteiger partial charge is 0.454 e. The topological polar surface area (TPSA) is 109 Å². The van der Waals surface area contributed by atoms with Gasteiger partial charge in [0, 0.05) is 13.1 Å². The smallest absolute Gasteiger partial charge is 0.352 e. The first-order valence-corrected chi connectivity index (χ1v) is 11.2. The van der Waals surface area contributed by atoms with E-state index < -0.39 is 5.69 Å². The fourth-order valence-electron chi connectivity index (χ4n) is 3.70. The number of nitrogens with one attached hydrogen (secondary N) is 1. The minimum Gasteiger partial charge on any atom is -0.454 e. The summed E-state index contributed by atoms with van der Waals surface area (Å²) in [4.78, 5) is 38.5. The van der Waals surface area contributed by atoms with Crippen LogP contribution in [0.1, 0.15) is 25.3 Å². The maximum Gasteiger partial charge on any atom is 0.352 e. The molecule has 0 aliphatic carbocycles. The third kappa shape index (κ3) is 3.44. The number of fused-ring (bicyclic) bond motifs is 4. The predicted molar refractivity (Wildman–Crippen MR) is 118 cm³/mol. The van der Waals surface area contributed by atoms with Crippen LogP contribution in [0, 0.1) is 0 Å². The summed E-state index contributed by atoms with van der Waals surface area (Å²) in [5.74, 6) is 1.20. The summed E-state index contributed by atoms with van der Waals surface area (Å²) >= 11 is 1.29. The highest BCUT2D eigenvalue weighted by atomic mass is 32.1. The second-order valence-electron chi connectivity index (χ2n) is 7.49. The number of unbranched alkanes of at least 4 members (excludes halogenated alkanes) is 1. The highest BCUT2D eigenvalue weighted by molar-refractivity contribution is 7.17.